The molecule has 1 aliphatic heterocycles. The predicted octanol–water partition coefficient (Wildman–Crippen LogP) is 1.92. The minimum Gasteiger partial charge on any atom is -0.441 e. The van der Waals surface area contributed by atoms with E-state index < -0.39 is 5.97 Å². The number of likely N-dealkylation sites (N-methyl/N-ethyl adjacent to an activating group) is 1. The van der Waals surface area contributed by atoms with Crippen molar-refractivity contribution in [3.8, 4) is 0 Å². The second-order valence-corrected chi connectivity index (χ2v) is 4.40. The zero-order valence-electron chi connectivity index (χ0n) is 11.6. The predicted molar refractivity (Wildman–Crippen MR) is 90.1 cm³/mol. The number of allylic oxidation sites excluding steroid dienone is 2. The van der Waals surface area contributed by atoms with Crippen LogP contribution in [-0.4, -0.2) is 37.1 Å². The van der Waals surface area contributed by atoms with Gasteiger partial charge in [-0.05, 0) is 24.4 Å². The molecule has 0 fully saturated rings. The maximum absolute atomic E-state index is 11.8. The van der Waals surface area contributed by atoms with Crippen molar-refractivity contribution in [3.63, 3.8) is 0 Å². The summed E-state index contributed by atoms with van der Waals surface area (Å²) >= 11 is 0. The van der Waals surface area contributed by atoms with Gasteiger partial charge < -0.3 is 15.0 Å². The van der Waals surface area contributed by atoms with Crippen LogP contribution in [0.1, 0.15) is 10.4 Å². The Hall–Kier alpha value is -1.83. The summed E-state index contributed by atoms with van der Waals surface area (Å²) in [4.78, 5) is 25.4. The number of hydrogen-bond acceptors (Lipinski definition) is 4. The van der Waals surface area contributed by atoms with E-state index in [1.807, 2.05) is 24.2 Å². The Morgan fingerprint density at radius 3 is 2.67 bits per heavy atom. The molecule has 1 heterocycles. The van der Waals surface area contributed by atoms with Crippen molar-refractivity contribution in [3.05, 3.63) is 59.8 Å². The lowest BCUT2D eigenvalue weighted by Crippen LogP contribution is -2.33. The van der Waals surface area contributed by atoms with Gasteiger partial charge in [-0.3, -0.25) is 4.79 Å². The number of hydrogen-bond donors (Lipinski definition) is 1. The van der Waals surface area contributed by atoms with E-state index in [0.717, 1.165) is 0 Å². The number of esters is 1. The number of halogens is 1. The Morgan fingerprint density at radius 2 is 2.00 bits per heavy atom. The third-order valence-electron chi connectivity index (χ3n) is 2.79. The Balaban J connectivity index is 0.00000220. The van der Waals surface area contributed by atoms with Gasteiger partial charge in [0.2, 0.25) is 0 Å². The fraction of sp³-hybridized carbons (Fsp3) is 0.200. The molecule has 1 aromatic carbocycles. The average molecular weight is 400 g/mol. The molecular formula is C15H17IN2O3. The topological polar surface area (TPSA) is 58.6 Å². The highest BCUT2D eigenvalue weighted by Gasteiger charge is 2.13. The van der Waals surface area contributed by atoms with E-state index in [1.165, 1.54) is 0 Å². The SMILES string of the molecule is CN1C=CC=C(C(=O)NCOC(=O)c2ccccc2)C1.I. The largest absolute Gasteiger partial charge is 0.441 e. The molecule has 1 N–H and O–H groups in total. The van der Waals surface area contributed by atoms with Crippen LogP contribution in [0.4, 0.5) is 0 Å². The molecule has 6 heteroatoms. The molecule has 0 saturated heterocycles. The van der Waals surface area contributed by atoms with Crippen molar-refractivity contribution in [2.24, 2.45) is 0 Å². The fourth-order valence-corrected chi connectivity index (χ4v) is 1.77. The van der Waals surface area contributed by atoms with E-state index in [-0.39, 0.29) is 36.6 Å². The zero-order chi connectivity index (χ0) is 14.4. The molecule has 0 spiro atoms. The Bertz CT molecular complexity index is 555. The maximum atomic E-state index is 11.8. The van der Waals surface area contributed by atoms with Crippen LogP contribution >= 0.6 is 24.0 Å². The number of ether oxygens (including phenoxy) is 1. The second-order valence-electron chi connectivity index (χ2n) is 4.40. The van der Waals surface area contributed by atoms with Crippen LogP contribution in [0.25, 0.3) is 0 Å². The van der Waals surface area contributed by atoms with Crippen LogP contribution in [0.3, 0.4) is 0 Å². The lowest BCUT2D eigenvalue weighted by atomic mass is 10.2. The highest BCUT2D eigenvalue weighted by atomic mass is 127. The first-order chi connectivity index (χ1) is 9.66. The van der Waals surface area contributed by atoms with Crippen molar-refractivity contribution in [2.45, 2.75) is 0 Å². The third kappa shape index (κ3) is 5.22. The minimum atomic E-state index is -0.458. The van der Waals surface area contributed by atoms with E-state index in [2.05, 4.69) is 5.32 Å². The van der Waals surface area contributed by atoms with Crippen LogP contribution in [-0.2, 0) is 9.53 Å². The molecule has 0 saturated carbocycles. The monoisotopic (exact) mass is 400 g/mol. The molecule has 1 aromatic rings. The number of carbonyl (C=O) groups excluding carboxylic acids is 2. The molecule has 112 valence electrons. The molecule has 0 unspecified atom stereocenters. The van der Waals surface area contributed by atoms with E-state index in [9.17, 15) is 9.59 Å². The summed E-state index contributed by atoms with van der Waals surface area (Å²) < 4.78 is 4.99. The minimum absolute atomic E-state index is 0. The molecule has 0 radical (unpaired) electrons. The Kier molecular flexibility index (Phi) is 6.93. The van der Waals surface area contributed by atoms with Gasteiger partial charge in [-0.15, -0.1) is 24.0 Å². The van der Waals surface area contributed by atoms with Crippen LogP contribution < -0.4 is 5.32 Å². The fourth-order valence-electron chi connectivity index (χ4n) is 1.77. The van der Waals surface area contributed by atoms with Gasteiger partial charge in [-0.1, -0.05) is 24.3 Å². The Morgan fingerprint density at radius 1 is 1.29 bits per heavy atom. The number of rotatable bonds is 4. The van der Waals surface area contributed by atoms with Gasteiger partial charge in [-0.25, -0.2) is 4.79 Å². The number of carbonyl (C=O) groups is 2. The third-order valence-corrected chi connectivity index (χ3v) is 2.79. The first-order valence-corrected chi connectivity index (χ1v) is 6.25. The standard InChI is InChI=1S/C15H16N2O3.HI/c1-17-9-5-8-13(10-17)14(18)16-11-20-15(19)12-6-3-2-4-7-12;/h2-9H,10-11H2,1H3,(H,16,18);1H. The summed E-state index contributed by atoms with van der Waals surface area (Å²) in [5.41, 5.74) is 1.09. The molecule has 1 aliphatic rings. The first kappa shape index (κ1) is 17.2. The van der Waals surface area contributed by atoms with Gasteiger partial charge in [0.1, 0.15) is 0 Å². The molecular weight excluding hydrogens is 383 g/mol. The summed E-state index contributed by atoms with van der Waals surface area (Å²) in [6.07, 6.45) is 5.43. The molecule has 2 rings (SSSR count). The van der Waals surface area contributed by atoms with Gasteiger partial charge in [0.25, 0.3) is 5.91 Å². The zero-order valence-corrected chi connectivity index (χ0v) is 13.9. The molecule has 0 bridgehead atoms. The van der Waals surface area contributed by atoms with Gasteiger partial charge >= 0.3 is 5.97 Å². The molecule has 1 amide bonds. The van der Waals surface area contributed by atoms with E-state index in [4.69, 9.17) is 4.74 Å². The highest BCUT2D eigenvalue weighted by molar-refractivity contribution is 14.0. The summed E-state index contributed by atoms with van der Waals surface area (Å²) in [5.74, 6) is -0.692. The van der Waals surface area contributed by atoms with Crippen LogP contribution in [0.5, 0.6) is 0 Å². The van der Waals surface area contributed by atoms with Crippen molar-refractivity contribution >= 4 is 35.9 Å². The molecule has 21 heavy (non-hydrogen) atoms. The average Bonchev–Trinajstić information content (AvgIpc) is 2.48. The number of nitrogens with one attached hydrogen (secondary N) is 1. The van der Waals surface area contributed by atoms with Crippen LogP contribution in [0.15, 0.2) is 54.3 Å². The van der Waals surface area contributed by atoms with Crippen LogP contribution in [0.2, 0.25) is 0 Å². The van der Waals surface area contributed by atoms with E-state index >= 15 is 0 Å². The smallest absolute Gasteiger partial charge is 0.339 e. The number of nitrogens with zero attached hydrogens (tertiary/aromatic N) is 1. The molecule has 5 nitrogen and oxygen atoms in total. The summed E-state index contributed by atoms with van der Waals surface area (Å²) in [7, 11) is 1.88. The second kappa shape index (κ2) is 8.46. The molecule has 0 atom stereocenters. The summed E-state index contributed by atoms with van der Waals surface area (Å²) in [6.45, 7) is 0.395. The molecule has 0 aliphatic carbocycles. The summed E-state index contributed by atoms with van der Waals surface area (Å²) in [6, 6.07) is 8.65. The van der Waals surface area contributed by atoms with Crippen molar-refractivity contribution in [2.75, 3.05) is 20.3 Å². The number of amides is 1. The van der Waals surface area contributed by atoms with Gasteiger partial charge in [0, 0.05) is 19.2 Å². The van der Waals surface area contributed by atoms with E-state index in [0.29, 0.717) is 17.7 Å². The number of benzene rings is 1. The quantitative estimate of drug-likeness (QED) is 0.477. The van der Waals surface area contributed by atoms with Crippen LogP contribution in [0, 0.1) is 0 Å². The first-order valence-electron chi connectivity index (χ1n) is 6.25. The molecule has 0 aromatic heterocycles. The lowest BCUT2D eigenvalue weighted by molar-refractivity contribution is -0.118. The van der Waals surface area contributed by atoms with Crippen molar-refractivity contribution in [1.82, 2.24) is 10.2 Å². The summed E-state index contributed by atoms with van der Waals surface area (Å²) in [5, 5.41) is 2.56. The van der Waals surface area contributed by atoms with Gasteiger partial charge in [0.15, 0.2) is 6.73 Å². The van der Waals surface area contributed by atoms with Crippen molar-refractivity contribution in [1.29, 1.82) is 0 Å². The van der Waals surface area contributed by atoms with Crippen molar-refractivity contribution < 1.29 is 14.3 Å². The van der Waals surface area contributed by atoms with Gasteiger partial charge in [0.05, 0.1) is 5.56 Å². The van der Waals surface area contributed by atoms with E-state index in [1.54, 1.807) is 36.4 Å². The Labute approximate surface area is 140 Å². The van der Waals surface area contributed by atoms with Gasteiger partial charge in [-0.2, -0.15) is 0 Å². The normalized spacial score (nSPS) is 13.0. The maximum Gasteiger partial charge on any atom is 0.339 e. The lowest BCUT2D eigenvalue weighted by Gasteiger charge is -2.19. The highest BCUT2D eigenvalue weighted by Crippen LogP contribution is 2.05.